The number of hydrogen-bond donors (Lipinski definition) is 2. The Kier molecular flexibility index (Phi) is 4.23. The summed E-state index contributed by atoms with van der Waals surface area (Å²) < 4.78 is 0. The molecule has 6 heteroatoms. The largest absolute Gasteiger partial charge is 0.392 e. The fraction of sp³-hybridized carbons (Fsp3) is 0.750. The van der Waals surface area contributed by atoms with Gasteiger partial charge in [0, 0.05) is 37.3 Å². The molecule has 122 valence electrons. The Balaban J connectivity index is 1.70. The van der Waals surface area contributed by atoms with Crippen LogP contribution >= 0.6 is 0 Å². The minimum atomic E-state index is -0.300. The second-order valence-corrected chi connectivity index (χ2v) is 6.97. The van der Waals surface area contributed by atoms with Crippen LogP contribution in [0.25, 0.3) is 0 Å². The fourth-order valence-corrected chi connectivity index (χ4v) is 3.97. The molecule has 2 atom stereocenters. The molecule has 0 bridgehead atoms. The Morgan fingerprint density at radius 2 is 2.32 bits per heavy atom. The van der Waals surface area contributed by atoms with Crippen LogP contribution in [0.5, 0.6) is 0 Å². The lowest BCUT2D eigenvalue weighted by atomic mass is 9.71. The normalized spacial score (nSPS) is 30.0. The van der Waals surface area contributed by atoms with Crippen molar-refractivity contribution in [3.8, 4) is 0 Å². The second kappa shape index (κ2) is 6.01. The van der Waals surface area contributed by atoms with Gasteiger partial charge >= 0.3 is 0 Å². The minimum Gasteiger partial charge on any atom is -0.392 e. The van der Waals surface area contributed by atoms with E-state index in [1.807, 2.05) is 11.8 Å². The molecule has 1 spiro atoms. The van der Waals surface area contributed by atoms with Crippen LogP contribution in [0.4, 0.5) is 0 Å². The summed E-state index contributed by atoms with van der Waals surface area (Å²) in [5.74, 6) is 0.120. The Hall–Kier alpha value is -1.40. The van der Waals surface area contributed by atoms with E-state index in [0.717, 1.165) is 50.3 Å². The zero-order valence-corrected chi connectivity index (χ0v) is 13.5. The van der Waals surface area contributed by atoms with E-state index in [4.69, 9.17) is 0 Å². The molecule has 0 radical (unpaired) electrons. The van der Waals surface area contributed by atoms with Crippen LogP contribution in [-0.2, 0) is 11.2 Å². The van der Waals surface area contributed by atoms with Crippen molar-refractivity contribution in [1.29, 1.82) is 0 Å². The van der Waals surface area contributed by atoms with Crippen molar-refractivity contribution >= 4 is 5.91 Å². The number of aliphatic hydroxyl groups excluding tert-OH is 1. The van der Waals surface area contributed by atoms with Gasteiger partial charge in [0.1, 0.15) is 0 Å². The van der Waals surface area contributed by atoms with E-state index in [-0.39, 0.29) is 17.4 Å². The number of nitrogens with one attached hydrogen (secondary N) is 1. The average Bonchev–Trinajstić information content (AvgIpc) is 2.89. The highest BCUT2D eigenvalue weighted by Gasteiger charge is 2.45. The van der Waals surface area contributed by atoms with Crippen molar-refractivity contribution in [3.63, 3.8) is 0 Å². The standard InChI is InChI=1S/C16H26N4O2/c1-12-13(18-11-17-12)8-15(22)20-6-3-5-16(10-20)9-19(2)7-4-14(16)21/h11,14,21H,3-10H2,1-2H3,(H,17,18)/t14-,16-/m0/s1. The number of likely N-dealkylation sites (tertiary alicyclic amines) is 2. The smallest absolute Gasteiger partial charge is 0.228 e. The first kappa shape index (κ1) is 15.5. The lowest BCUT2D eigenvalue weighted by Crippen LogP contribution is -2.59. The summed E-state index contributed by atoms with van der Waals surface area (Å²) in [5, 5.41) is 10.5. The van der Waals surface area contributed by atoms with Crippen LogP contribution in [0.1, 0.15) is 30.7 Å². The molecule has 3 rings (SSSR count). The summed E-state index contributed by atoms with van der Waals surface area (Å²) in [4.78, 5) is 24.1. The minimum absolute atomic E-state index is 0.120. The third kappa shape index (κ3) is 2.90. The van der Waals surface area contributed by atoms with Crippen LogP contribution in [0.3, 0.4) is 0 Å². The zero-order valence-electron chi connectivity index (χ0n) is 13.5. The van der Waals surface area contributed by atoms with Crippen molar-refractivity contribution in [3.05, 3.63) is 17.7 Å². The molecule has 1 amide bonds. The summed E-state index contributed by atoms with van der Waals surface area (Å²) in [6, 6.07) is 0. The number of carbonyl (C=O) groups is 1. The van der Waals surface area contributed by atoms with E-state index in [1.54, 1.807) is 6.33 Å². The number of carbonyl (C=O) groups excluding carboxylic acids is 1. The van der Waals surface area contributed by atoms with E-state index in [1.165, 1.54) is 0 Å². The van der Waals surface area contributed by atoms with Crippen LogP contribution in [0, 0.1) is 12.3 Å². The molecule has 22 heavy (non-hydrogen) atoms. The molecule has 6 nitrogen and oxygen atoms in total. The molecule has 0 saturated carbocycles. The quantitative estimate of drug-likeness (QED) is 0.838. The molecule has 3 heterocycles. The predicted octanol–water partition coefficient (Wildman–Crippen LogP) is 0.566. The summed E-state index contributed by atoms with van der Waals surface area (Å²) in [7, 11) is 2.10. The predicted molar refractivity (Wildman–Crippen MR) is 83.4 cm³/mol. The van der Waals surface area contributed by atoms with E-state index < -0.39 is 0 Å². The van der Waals surface area contributed by atoms with Gasteiger partial charge in [-0.25, -0.2) is 4.98 Å². The van der Waals surface area contributed by atoms with Gasteiger partial charge in [0.2, 0.25) is 5.91 Å². The maximum Gasteiger partial charge on any atom is 0.228 e. The van der Waals surface area contributed by atoms with Gasteiger partial charge in [0.05, 0.1) is 24.5 Å². The number of amides is 1. The van der Waals surface area contributed by atoms with E-state index in [2.05, 4.69) is 21.9 Å². The maximum atomic E-state index is 12.6. The number of rotatable bonds is 2. The molecular formula is C16H26N4O2. The lowest BCUT2D eigenvalue weighted by Gasteiger charge is -2.50. The number of H-pyrrole nitrogens is 1. The van der Waals surface area contributed by atoms with Crippen LogP contribution in [0.2, 0.25) is 0 Å². The molecule has 1 aromatic heterocycles. The van der Waals surface area contributed by atoms with Crippen LogP contribution in [0.15, 0.2) is 6.33 Å². The second-order valence-electron chi connectivity index (χ2n) is 6.97. The molecule has 0 unspecified atom stereocenters. The molecule has 2 aliphatic rings. The van der Waals surface area contributed by atoms with Gasteiger partial charge in [-0.3, -0.25) is 4.79 Å². The van der Waals surface area contributed by atoms with Gasteiger partial charge in [0.25, 0.3) is 0 Å². The summed E-state index contributed by atoms with van der Waals surface area (Å²) >= 11 is 0. The first-order valence-electron chi connectivity index (χ1n) is 8.13. The molecule has 0 aromatic carbocycles. The number of imidazole rings is 1. The third-order valence-corrected chi connectivity index (χ3v) is 5.29. The summed E-state index contributed by atoms with van der Waals surface area (Å²) in [6.45, 7) is 5.21. The Labute approximate surface area is 131 Å². The average molecular weight is 306 g/mol. The topological polar surface area (TPSA) is 72.5 Å². The molecule has 1 aromatic rings. The van der Waals surface area contributed by atoms with Crippen molar-refractivity contribution in [2.24, 2.45) is 5.41 Å². The molecule has 2 fully saturated rings. The Bertz CT molecular complexity index is 544. The van der Waals surface area contributed by atoms with Crippen LogP contribution < -0.4 is 0 Å². The van der Waals surface area contributed by atoms with Gasteiger partial charge < -0.3 is 19.9 Å². The van der Waals surface area contributed by atoms with Gasteiger partial charge in [-0.05, 0) is 33.2 Å². The molecular weight excluding hydrogens is 280 g/mol. The summed E-state index contributed by atoms with van der Waals surface area (Å²) in [6.07, 6.45) is 4.45. The van der Waals surface area contributed by atoms with Gasteiger partial charge in [0.15, 0.2) is 0 Å². The molecule has 2 N–H and O–H groups in total. The Morgan fingerprint density at radius 3 is 3.05 bits per heavy atom. The van der Waals surface area contributed by atoms with Gasteiger partial charge in [-0.2, -0.15) is 0 Å². The number of aryl methyl sites for hydroxylation is 1. The Morgan fingerprint density at radius 1 is 1.50 bits per heavy atom. The number of hydrogen-bond acceptors (Lipinski definition) is 4. The molecule has 2 saturated heterocycles. The molecule has 0 aliphatic carbocycles. The highest BCUT2D eigenvalue weighted by molar-refractivity contribution is 5.78. The van der Waals surface area contributed by atoms with E-state index >= 15 is 0 Å². The number of piperidine rings is 2. The number of aliphatic hydroxyl groups is 1. The molecule has 2 aliphatic heterocycles. The first-order valence-corrected chi connectivity index (χ1v) is 8.13. The van der Waals surface area contributed by atoms with Crippen molar-refractivity contribution in [2.45, 2.75) is 38.7 Å². The SMILES string of the molecule is Cc1[nH]cnc1CC(=O)N1CCC[C@]2(CN(C)CC[C@@H]2O)C1. The van der Waals surface area contributed by atoms with Gasteiger partial charge in [-0.15, -0.1) is 0 Å². The third-order valence-electron chi connectivity index (χ3n) is 5.29. The van der Waals surface area contributed by atoms with E-state index in [9.17, 15) is 9.90 Å². The van der Waals surface area contributed by atoms with Gasteiger partial charge in [-0.1, -0.05) is 0 Å². The number of aromatic nitrogens is 2. The van der Waals surface area contributed by atoms with E-state index in [0.29, 0.717) is 13.0 Å². The monoisotopic (exact) mass is 306 g/mol. The summed E-state index contributed by atoms with van der Waals surface area (Å²) in [5.41, 5.74) is 1.63. The maximum absolute atomic E-state index is 12.6. The number of nitrogens with zero attached hydrogens (tertiary/aromatic N) is 3. The lowest BCUT2D eigenvalue weighted by molar-refractivity contribution is -0.140. The van der Waals surface area contributed by atoms with Crippen molar-refractivity contribution in [1.82, 2.24) is 19.8 Å². The van der Waals surface area contributed by atoms with Crippen molar-refractivity contribution in [2.75, 3.05) is 33.2 Å². The zero-order chi connectivity index (χ0) is 15.7. The fourth-order valence-electron chi connectivity index (χ4n) is 3.97. The highest BCUT2D eigenvalue weighted by Crippen LogP contribution is 2.38. The number of aromatic amines is 1. The van der Waals surface area contributed by atoms with Crippen molar-refractivity contribution < 1.29 is 9.90 Å². The van der Waals surface area contributed by atoms with Crippen LogP contribution in [-0.4, -0.2) is 70.1 Å². The highest BCUT2D eigenvalue weighted by atomic mass is 16.3. The first-order chi connectivity index (χ1) is 10.5.